The molecule has 0 radical (unpaired) electrons. The van der Waals surface area contributed by atoms with E-state index in [1.807, 2.05) is 36.1 Å². The van der Waals surface area contributed by atoms with Crippen molar-refractivity contribution >= 4 is 11.8 Å². The Kier molecular flexibility index (Phi) is 4.89. The maximum absolute atomic E-state index is 13.1. The number of hydrogen-bond donors (Lipinski definition) is 1. The van der Waals surface area contributed by atoms with Crippen molar-refractivity contribution in [2.24, 2.45) is 23.2 Å². The van der Waals surface area contributed by atoms with Crippen molar-refractivity contribution in [1.29, 1.82) is 0 Å². The van der Waals surface area contributed by atoms with Crippen LogP contribution in [0.1, 0.15) is 61.4 Å². The van der Waals surface area contributed by atoms with Crippen LogP contribution in [-0.2, 0) is 16.1 Å². The minimum Gasteiger partial charge on any atom is -0.375 e. The summed E-state index contributed by atoms with van der Waals surface area (Å²) in [5, 5.41) is 3.22. The topological polar surface area (TPSA) is 58.6 Å². The van der Waals surface area contributed by atoms with E-state index < -0.39 is 0 Å². The molecule has 2 amide bonds. The van der Waals surface area contributed by atoms with Crippen LogP contribution in [0, 0.1) is 23.2 Å². The van der Waals surface area contributed by atoms with Gasteiger partial charge in [0.1, 0.15) is 0 Å². The highest BCUT2D eigenvalue weighted by Crippen LogP contribution is 2.60. The number of carbonyl (C=O) groups excluding carboxylic acids is 2. The summed E-state index contributed by atoms with van der Waals surface area (Å²) >= 11 is 0. The molecule has 5 aliphatic rings. The van der Waals surface area contributed by atoms with E-state index in [1.165, 1.54) is 19.3 Å². The van der Waals surface area contributed by atoms with Gasteiger partial charge in [-0.15, -0.1) is 0 Å². The second-order valence-corrected chi connectivity index (χ2v) is 10.0. The second kappa shape index (κ2) is 7.42. The molecule has 1 heterocycles. The van der Waals surface area contributed by atoms with Gasteiger partial charge in [0.05, 0.1) is 12.7 Å². The predicted molar refractivity (Wildman–Crippen MR) is 110 cm³/mol. The van der Waals surface area contributed by atoms with E-state index >= 15 is 0 Å². The monoisotopic (exact) mass is 396 g/mol. The van der Waals surface area contributed by atoms with Crippen LogP contribution in [0.25, 0.3) is 0 Å². The standard InChI is InChI=1S/C24H32N2O3/c1-16-15-26(6-7-29-16)22(27)21-4-2-17(3-5-21)14-25-23(28)24-11-18-8-19(12-24)10-20(9-18)13-24/h2-5,16,18-20H,6-15H2,1H3,(H,25,28). The fraction of sp³-hybridized carbons (Fsp3) is 0.667. The Labute approximate surface area is 173 Å². The van der Waals surface area contributed by atoms with E-state index in [0.29, 0.717) is 31.8 Å². The molecule has 5 heteroatoms. The molecule has 29 heavy (non-hydrogen) atoms. The second-order valence-electron chi connectivity index (χ2n) is 10.0. The van der Waals surface area contributed by atoms with Crippen molar-refractivity contribution in [1.82, 2.24) is 10.2 Å². The van der Waals surface area contributed by atoms with E-state index in [0.717, 1.165) is 42.6 Å². The molecule has 4 aliphatic carbocycles. The Hall–Kier alpha value is -1.88. The normalized spacial score (nSPS) is 35.6. The van der Waals surface area contributed by atoms with Gasteiger partial charge < -0.3 is 15.0 Å². The molecule has 5 fully saturated rings. The average Bonchev–Trinajstić information content (AvgIpc) is 2.71. The molecule has 4 bridgehead atoms. The molecule has 1 aromatic rings. The fourth-order valence-electron chi connectivity index (χ4n) is 6.71. The number of carbonyl (C=O) groups is 2. The zero-order chi connectivity index (χ0) is 20.0. The summed E-state index contributed by atoms with van der Waals surface area (Å²) in [7, 11) is 0. The largest absolute Gasteiger partial charge is 0.375 e. The third kappa shape index (κ3) is 3.70. The molecule has 1 N–H and O–H groups in total. The van der Waals surface area contributed by atoms with E-state index in [9.17, 15) is 9.59 Å². The maximum atomic E-state index is 13.1. The molecule has 4 saturated carbocycles. The summed E-state index contributed by atoms with van der Waals surface area (Å²) in [6.45, 7) is 4.42. The predicted octanol–water partition coefficient (Wildman–Crippen LogP) is 3.38. The molecule has 1 aliphatic heterocycles. The summed E-state index contributed by atoms with van der Waals surface area (Å²) < 4.78 is 5.52. The summed E-state index contributed by atoms with van der Waals surface area (Å²) in [6, 6.07) is 7.71. The highest BCUT2D eigenvalue weighted by atomic mass is 16.5. The highest BCUT2D eigenvalue weighted by Gasteiger charge is 2.54. The molecule has 6 rings (SSSR count). The van der Waals surface area contributed by atoms with Crippen molar-refractivity contribution in [2.75, 3.05) is 19.7 Å². The minimum absolute atomic E-state index is 0.0595. The van der Waals surface area contributed by atoms with Crippen LogP contribution in [0.5, 0.6) is 0 Å². The number of amides is 2. The highest BCUT2D eigenvalue weighted by molar-refractivity contribution is 5.94. The van der Waals surface area contributed by atoms with E-state index in [4.69, 9.17) is 4.74 Å². The van der Waals surface area contributed by atoms with Crippen LogP contribution >= 0.6 is 0 Å². The van der Waals surface area contributed by atoms with Gasteiger partial charge in [0.2, 0.25) is 5.91 Å². The van der Waals surface area contributed by atoms with Crippen molar-refractivity contribution in [3.05, 3.63) is 35.4 Å². The van der Waals surface area contributed by atoms with Gasteiger partial charge in [-0.3, -0.25) is 9.59 Å². The van der Waals surface area contributed by atoms with Crippen molar-refractivity contribution in [2.45, 2.75) is 58.1 Å². The maximum Gasteiger partial charge on any atom is 0.254 e. The smallest absolute Gasteiger partial charge is 0.254 e. The lowest BCUT2D eigenvalue weighted by Crippen LogP contribution is -2.53. The number of rotatable bonds is 4. The van der Waals surface area contributed by atoms with Crippen LogP contribution < -0.4 is 5.32 Å². The number of morpholine rings is 1. The molecule has 1 aromatic carbocycles. The van der Waals surface area contributed by atoms with Gasteiger partial charge in [-0.2, -0.15) is 0 Å². The number of nitrogens with one attached hydrogen (secondary N) is 1. The van der Waals surface area contributed by atoms with Crippen LogP contribution in [0.3, 0.4) is 0 Å². The fourth-order valence-corrected chi connectivity index (χ4v) is 6.71. The number of nitrogens with zero attached hydrogens (tertiary/aromatic N) is 1. The third-order valence-corrected chi connectivity index (χ3v) is 7.70. The summed E-state index contributed by atoms with van der Waals surface area (Å²) in [5.41, 5.74) is 1.66. The molecule has 0 spiro atoms. The zero-order valence-corrected chi connectivity index (χ0v) is 17.4. The van der Waals surface area contributed by atoms with Crippen molar-refractivity contribution in [3.63, 3.8) is 0 Å². The van der Waals surface area contributed by atoms with Gasteiger partial charge >= 0.3 is 0 Å². The molecule has 1 atom stereocenters. The zero-order valence-electron chi connectivity index (χ0n) is 17.4. The van der Waals surface area contributed by atoms with Crippen LogP contribution in [-0.4, -0.2) is 42.5 Å². The lowest BCUT2D eigenvalue weighted by molar-refractivity contribution is -0.146. The first kappa shape index (κ1) is 19.1. The molecular formula is C24H32N2O3. The van der Waals surface area contributed by atoms with Crippen LogP contribution in [0.2, 0.25) is 0 Å². The Morgan fingerprint density at radius 1 is 1.07 bits per heavy atom. The Bertz CT molecular complexity index is 753. The van der Waals surface area contributed by atoms with Gasteiger partial charge in [0, 0.05) is 30.6 Å². The summed E-state index contributed by atoms with van der Waals surface area (Å²) in [6.07, 6.45) is 7.42. The first-order chi connectivity index (χ1) is 14.0. The third-order valence-electron chi connectivity index (χ3n) is 7.70. The van der Waals surface area contributed by atoms with E-state index in [2.05, 4.69) is 5.32 Å². The quantitative estimate of drug-likeness (QED) is 0.849. The molecule has 156 valence electrons. The van der Waals surface area contributed by atoms with Gasteiger partial charge in [-0.25, -0.2) is 0 Å². The molecule has 5 nitrogen and oxygen atoms in total. The summed E-state index contributed by atoms with van der Waals surface area (Å²) in [5.74, 6) is 2.66. The molecule has 1 saturated heterocycles. The number of ether oxygens (including phenoxy) is 1. The molecular weight excluding hydrogens is 364 g/mol. The van der Waals surface area contributed by atoms with Crippen molar-refractivity contribution in [3.8, 4) is 0 Å². The average molecular weight is 397 g/mol. The number of benzene rings is 1. The van der Waals surface area contributed by atoms with Gasteiger partial charge in [-0.1, -0.05) is 12.1 Å². The first-order valence-electron chi connectivity index (χ1n) is 11.3. The minimum atomic E-state index is -0.0995. The first-order valence-corrected chi connectivity index (χ1v) is 11.3. The van der Waals surface area contributed by atoms with Crippen LogP contribution in [0.15, 0.2) is 24.3 Å². The Morgan fingerprint density at radius 3 is 2.28 bits per heavy atom. The molecule has 0 aromatic heterocycles. The van der Waals surface area contributed by atoms with E-state index in [-0.39, 0.29) is 23.3 Å². The van der Waals surface area contributed by atoms with Crippen molar-refractivity contribution < 1.29 is 14.3 Å². The number of hydrogen-bond acceptors (Lipinski definition) is 3. The van der Waals surface area contributed by atoms with Gasteiger partial charge in [0.25, 0.3) is 5.91 Å². The van der Waals surface area contributed by atoms with Gasteiger partial charge in [-0.05, 0) is 80.9 Å². The van der Waals surface area contributed by atoms with Gasteiger partial charge in [0.15, 0.2) is 0 Å². The van der Waals surface area contributed by atoms with Crippen LogP contribution in [0.4, 0.5) is 0 Å². The SMILES string of the molecule is CC1CN(C(=O)c2ccc(CNC(=O)C34CC5CC(CC(C5)C3)C4)cc2)CCO1. The Balaban J connectivity index is 1.19. The lowest BCUT2D eigenvalue weighted by Gasteiger charge is -2.55. The lowest BCUT2D eigenvalue weighted by atomic mass is 9.49. The summed E-state index contributed by atoms with van der Waals surface area (Å²) in [4.78, 5) is 27.6. The molecule has 1 unspecified atom stereocenters. The Morgan fingerprint density at radius 2 is 1.69 bits per heavy atom. The van der Waals surface area contributed by atoms with E-state index in [1.54, 1.807) is 0 Å².